The SMILES string of the molecule is C=C(N)N/N=C(/C)c1ccc(C(=O)N2Cc3ccccc3C[C@H]2C(=O)Nc2cccc(/C(C)=N\N=C(N)N)c2)cc1. The number of guanidine groups is 1. The van der Waals surface area contributed by atoms with E-state index < -0.39 is 6.04 Å². The minimum atomic E-state index is -0.722. The number of anilines is 1. The molecule has 0 saturated heterocycles. The molecule has 3 aromatic rings. The molecule has 0 aliphatic carbocycles. The lowest BCUT2D eigenvalue weighted by atomic mass is 9.92. The number of amides is 2. The molecular formula is C30H33N9O2. The minimum Gasteiger partial charge on any atom is -0.385 e. The highest BCUT2D eigenvalue weighted by atomic mass is 16.2. The molecule has 1 aliphatic heterocycles. The molecule has 0 unspecified atom stereocenters. The summed E-state index contributed by atoms with van der Waals surface area (Å²) in [4.78, 5) is 29.0. The van der Waals surface area contributed by atoms with Crippen molar-refractivity contribution in [1.29, 1.82) is 0 Å². The van der Waals surface area contributed by atoms with Crippen molar-refractivity contribution in [2.45, 2.75) is 32.9 Å². The molecule has 1 atom stereocenters. The average Bonchev–Trinajstić information content (AvgIpc) is 2.97. The molecule has 1 aliphatic rings. The van der Waals surface area contributed by atoms with Gasteiger partial charge in [0.2, 0.25) is 11.9 Å². The van der Waals surface area contributed by atoms with Crippen LogP contribution in [0.5, 0.6) is 0 Å². The van der Waals surface area contributed by atoms with Gasteiger partial charge in [-0.15, -0.1) is 5.10 Å². The van der Waals surface area contributed by atoms with Crippen LogP contribution in [0, 0.1) is 0 Å². The number of hydrogen-bond donors (Lipinski definition) is 5. The van der Waals surface area contributed by atoms with Gasteiger partial charge in [-0.3, -0.25) is 15.0 Å². The van der Waals surface area contributed by atoms with Gasteiger partial charge in [0, 0.05) is 24.2 Å². The zero-order valence-corrected chi connectivity index (χ0v) is 23.0. The van der Waals surface area contributed by atoms with E-state index in [0.717, 1.165) is 22.3 Å². The summed E-state index contributed by atoms with van der Waals surface area (Å²) in [6.07, 6.45) is 0.386. The largest absolute Gasteiger partial charge is 0.385 e. The van der Waals surface area contributed by atoms with E-state index in [9.17, 15) is 9.59 Å². The smallest absolute Gasteiger partial charge is 0.254 e. The summed E-state index contributed by atoms with van der Waals surface area (Å²) in [5.41, 5.74) is 24.7. The van der Waals surface area contributed by atoms with Gasteiger partial charge in [-0.05, 0) is 60.4 Å². The summed E-state index contributed by atoms with van der Waals surface area (Å²) in [5, 5.41) is 14.8. The molecule has 0 saturated carbocycles. The van der Waals surface area contributed by atoms with Crippen LogP contribution in [0.1, 0.15) is 46.5 Å². The fourth-order valence-corrected chi connectivity index (χ4v) is 4.45. The van der Waals surface area contributed by atoms with Crippen LogP contribution >= 0.6 is 0 Å². The Morgan fingerprint density at radius 3 is 2.22 bits per heavy atom. The van der Waals surface area contributed by atoms with Crippen molar-refractivity contribution in [2.75, 3.05) is 5.32 Å². The molecule has 11 heteroatoms. The second-order valence-corrected chi connectivity index (χ2v) is 9.61. The number of hydrazone groups is 1. The van der Waals surface area contributed by atoms with Crippen molar-refractivity contribution in [3.05, 3.63) is 113 Å². The zero-order valence-electron chi connectivity index (χ0n) is 23.0. The molecule has 0 spiro atoms. The molecule has 0 radical (unpaired) electrons. The normalized spacial score (nSPS) is 15.0. The van der Waals surface area contributed by atoms with Crippen molar-refractivity contribution >= 4 is 34.9 Å². The van der Waals surface area contributed by atoms with Crippen LogP contribution in [0.2, 0.25) is 0 Å². The fraction of sp³-hybridized carbons (Fsp3) is 0.167. The molecule has 8 N–H and O–H groups in total. The number of benzene rings is 3. The predicted octanol–water partition coefficient (Wildman–Crippen LogP) is 2.63. The Bertz CT molecular complexity index is 1550. The van der Waals surface area contributed by atoms with E-state index in [1.165, 1.54) is 0 Å². The Labute approximate surface area is 238 Å². The highest BCUT2D eigenvalue weighted by molar-refractivity contribution is 6.04. The third-order valence-corrected chi connectivity index (χ3v) is 6.59. The quantitative estimate of drug-likeness (QED) is 0.163. The first-order valence-corrected chi connectivity index (χ1v) is 12.9. The first kappa shape index (κ1) is 28.6. The van der Waals surface area contributed by atoms with E-state index in [-0.39, 0.29) is 23.6 Å². The van der Waals surface area contributed by atoms with E-state index in [4.69, 9.17) is 17.2 Å². The standard InChI is InChI=1S/C30H33N9O2/c1-18(35-37-20(3)31)21-11-13-22(14-12-21)29(41)39-17-25-8-5-4-7-24(25)16-27(39)28(40)34-26-10-6-9-23(15-26)19(2)36-38-30(32)33/h4-15,27,37H,3,16-17,31H2,1-2H3,(H,34,40)(H4,32,33,38)/b35-18-,36-19-/t27-/m0/s1. The van der Waals surface area contributed by atoms with Crippen LogP contribution in [0.3, 0.4) is 0 Å². The predicted molar refractivity (Wildman–Crippen MR) is 162 cm³/mol. The van der Waals surface area contributed by atoms with E-state index in [2.05, 4.69) is 32.6 Å². The van der Waals surface area contributed by atoms with Crippen molar-refractivity contribution in [1.82, 2.24) is 10.3 Å². The fourth-order valence-electron chi connectivity index (χ4n) is 4.45. The van der Waals surface area contributed by atoms with Crippen molar-refractivity contribution in [2.24, 2.45) is 32.5 Å². The number of carbonyl (C=O) groups is 2. The second-order valence-electron chi connectivity index (χ2n) is 9.61. The number of rotatable bonds is 8. The Hall–Kier alpha value is -5.45. The van der Waals surface area contributed by atoms with Gasteiger partial charge in [0.05, 0.1) is 11.4 Å². The molecule has 0 fully saturated rings. The lowest BCUT2D eigenvalue weighted by molar-refractivity contribution is -0.121. The molecule has 0 aromatic heterocycles. The summed E-state index contributed by atoms with van der Waals surface area (Å²) in [6, 6.07) is 21.4. The van der Waals surface area contributed by atoms with E-state index >= 15 is 0 Å². The first-order valence-electron chi connectivity index (χ1n) is 12.9. The highest BCUT2D eigenvalue weighted by Crippen LogP contribution is 2.26. The van der Waals surface area contributed by atoms with Gasteiger partial charge in [0.25, 0.3) is 5.91 Å². The Balaban J connectivity index is 1.58. The van der Waals surface area contributed by atoms with Crippen molar-refractivity contribution < 1.29 is 9.59 Å². The van der Waals surface area contributed by atoms with Gasteiger partial charge in [-0.1, -0.05) is 55.1 Å². The Morgan fingerprint density at radius 2 is 1.54 bits per heavy atom. The zero-order chi connectivity index (χ0) is 29.5. The van der Waals surface area contributed by atoms with Gasteiger partial charge in [-0.2, -0.15) is 10.2 Å². The molecule has 210 valence electrons. The molecule has 2 amide bonds. The highest BCUT2D eigenvalue weighted by Gasteiger charge is 2.35. The summed E-state index contributed by atoms with van der Waals surface area (Å²) >= 11 is 0. The van der Waals surface area contributed by atoms with E-state index in [0.29, 0.717) is 35.6 Å². The monoisotopic (exact) mass is 551 g/mol. The van der Waals surface area contributed by atoms with Crippen molar-refractivity contribution in [3.63, 3.8) is 0 Å². The lowest BCUT2D eigenvalue weighted by Crippen LogP contribution is -2.50. The first-order chi connectivity index (χ1) is 19.6. The number of nitrogens with one attached hydrogen (secondary N) is 2. The van der Waals surface area contributed by atoms with Crippen molar-refractivity contribution in [3.8, 4) is 0 Å². The third-order valence-electron chi connectivity index (χ3n) is 6.59. The molecule has 4 rings (SSSR count). The molecule has 41 heavy (non-hydrogen) atoms. The van der Waals surface area contributed by atoms with Gasteiger partial charge in [0.15, 0.2) is 0 Å². The molecular weight excluding hydrogens is 518 g/mol. The number of hydrogen-bond acceptors (Lipinski definition) is 7. The molecule has 11 nitrogen and oxygen atoms in total. The topological polar surface area (TPSA) is 177 Å². The number of nitrogens with two attached hydrogens (primary N) is 3. The van der Waals surface area contributed by atoms with Crippen LogP contribution < -0.4 is 27.9 Å². The van der Waals surface area contributed by atoms with Crippen LogP contribution in [0.4, 0.5) is 5.69 Å². The summed E-state index contributed by atoms with van der Waals surface area (Å²) < 4.78 is 0. The summed E-state index contributed by atoms with van der Waals surface area (Å²) in [7, 11) is 0. The van der Waals surface area contributed by atoms with Gasteiger partial charge < -0.3 is 27.4 Å². The van der Waals surface area contributed by atoms with Crippen LogP contribution in [0.25, 0.3) is 0 Å². The average molecular weight is 552 g/mol. The molecule has 3 aromatic carbocycles. The van der Waals surface area contributed by atoms with Gasteiger partial charge in [0.1, 0.15) is 11.9 Å². The number of fused-ring (bicyclic) bond motifs is 1. The maximum Gasteiger partial charge on any atom is 0.254 e. The van der Waals surface area contributed by atoms with Gasteiger partial charge in [-0.25, -0.2) is 0 Å². The van der Waals surface area contributed by atoms with Crippen LogP contribution in [-0.4, -0.2) is 40.1 Å². The van der Waals surface area contributed by atoms with Gasteiger partial charge >= 0.3 is 0 Å². The number of carbonyl (C=O) groups excluding carboxylic acids is 2. The Morgan fingerprint density at radius 1 is 0.854 bits per heavy atom. The number of nitrogens with zero attached hydrogens (tertiary/aromatic N) is 4. The van der Waals surface area contributed by atoms with E-state index in [1.807, 2.05) is 37.3 Å². The molecule has 0 bridgehead atoms. The maximum atomic E-state index is 13.8. The Kier molecular flexibility index (Phi) is 8.78. The summed E-state index contributed by atoms with van der Waals surface area (Å²) in [6.45, 7) is 7.44. The summed E-state index contributed by atoms with van der Waals surface area (Å²) in [5.74, 6) is -0.463. The second kappa shape index (κ2) is 12.6. The minimum absolute atomic E-state index is 0.149. The van der Waals surface area contributed by atoms with Crippen LogP contribution in [-0.2, 0) is 17.8 Å². The third kappa shape index (κ3) is 7.15. The molecule has 1 heterocycles. The van der Waals surface area contributed by atoms with Crippen LogP contribution in [0.15, 0.2) is 101 Å². The lowest BCUT2D eigenvalue weighted by Gasteiger charge is -2.36. The van der Waals surface area contributed by atoms with E-state index in [1.54, 1.807) is 54.3 Å². The maximum absolute atomic E-state index is 13.8.